The van der Waals surface area contributed by atoms with Crippen molar-refractivity contribution in [1.29, 1.82) is 0 Å². The smallest absolute Gasteiger partial charge is 0.0546 e. The Morgan fingerprint density at radius 2 is 0.786 bits per heavy atom. The van der Waals surface area contributed by atoms with Gasteiger partial charge in [-0.05, 0) is 92.5 Å². The Balaban J connectivity index is 1.20. The highest BCUT2D eigenvalue weighted by Crippen LogP contribution is 2.49. The van der Waals surface area contributed by atoms with Crippen LogP contribution in [0.15, 0.2) is 224 Å². The van der Waals surface area contributed by atoms with E-state index in [0.717, 1.165) is 17.1 Å². The third kappa shape index (κ3) is 6.26. The van der Waals surface area contributed by atoms with Crippen molar-refractivity contribution in [1.82, 2.24) is 0 Å². The van der Waals surface area contributed by atoms with Crippen LogP contribution in [0.25, 0.3) is 75.8 Å². The largest absolute Gasteiger partial charge is 0.310 e. The van der Waals surface area contributed by atoms with Crippen LogP contribution in [0.5, 0.6) is 0 Å². The number of thiophene rings is 1. The highest BCUT2D eigenvalue weighted by molar-refractivity contribution is 7.25. The molecule has 1 nitrogen and oxygen atoms in total. The topological polar surface area (TPSA) is 3.24 Å². The molecule has 0 unspecified atom stereocenters. The van der Waals surface area contributed by atoms with Gasteiger partial charge < -0.3 is 4.90 Å². The van der Waals surface area contributed by atoms with Gasteiger partial charge in [0, 0.05) is 37.1 Å². The summed E-state index contributed by atoms with van der Waals surface area (Å²) in [5.41, 5.74) is 15.3. The van der Waals surface area contributed by atoms with Gasteiger partial charge in [0.2, 0.25) is 0 Å². The van der Waals surface area contributed by atoms with Crippen LogP contribution in [-0.4, -0.2) is 0 Å². The van der Waals surface area contributed by atoms with Gasteiger partial charge in [0.05, 0.1) is 5.69 Å². The monoisotopic (exact) mass is 731 g/mol. The summed E-state index contributed by atoms with van der Waals surface area (Å²) in [5.74, 6) is 0. The van der Waals surface area contributed by atoms with Crippen molar-refractivity contribution in [2.45, 2.75) is 0 Å². The van der Waals surface area contributed by atoms with E-state index in [-0.39, 0.29) is 0 Å². The molecule has 10 aromatic rings. The van der Waals surface area contributed by atoms with E-state index in [0.29, 0.717) is 0 Å². The number of rotatable bonds is 8. The zero-order valence-electron chi connectivity index (χ0n) is 30.7. The van der Waals surface area contributed by atoms with Crippen molar-refractivity contribution in [2.24, 2.45) is 0 Å². The first-order valence-corrected chi connectivity index (χ1v) is 19.9. The van der Waals surface area contributed by atoms with Crippen LogP contribution in [0.3, 0.4) is 0 Å². The normalized spacial score (nSPS) is 11.2. The quantitative estimate of drug-likeness (QED) is 0.150. The fourth-order valence-electron chi connectivity index (χ4n) is 8.03. The van der Waals surface area contributed by atoms with Crippen LogP contribution in [0, 0.1) is 0 Å². The van der Waals surface area contributed by atoms with E-state index in [2.05, 4.69) is 229 Å². The first kappa shape index (κ1) is 33.6. The molecule has 1 heterocycles. The fraction of sp³-hybridized carbons (Fsp3) is 0. The maximum atomic E-state index is 2.46. The Morgan fingerprint density at radius 3 is 1.50 bits per heavy atom. The minimum atomic E-state index is 1.09. The first-order chi connectivity index (χ1) is 27.8. The van der Waals surface area contributed by atoms with Gasteiger partial charge in [0.25, 0.3) is 0 Å². The fourth-order valence-corrected chi connectivity index (χ4v) is 9.17. The molecule has 2 heteroatoms. The predicted molar refractivity (Wildman–Crippen MR) is 241 cm³/mol. The van der Waals surface area contributed by atoms with Crippen molar-refractivity contribution >= 4 is 48.6 Å². The van der Waals surface area contributed by atoms with Crippen LogP contribution < -0.4 is 4.90 Å². The van der Waals surface area contributed by atoms with Crippen LogP contribution in [-0.2, 0) is 0 Å². The molecule has 0 amide bonds. The Hall–Kier alpha value is -7.00. The van der Waals surface area contributed by atoms with E-state index in [1.54, 1.807) is 0 Å². The van der Waals surface area contributed by atoms with Crippen molar-refractivity contribution in [2.75, 3.05) is 4.90 Å². The molecular formula is C54H37NS. The average molecular weight is 732 g/mol. The minimum Gasteiger partial charge on any atom is -0.310 e. The molecule has 0 aliphatic rings. The lowest BCUT2D eigenvalue weighted by Crippen LogP contribution is -2.12. The third-order valence-corrected chi connectivity index (χ3v) is 11.8. The van der Waals surface area contributed by atoms with Crippen LogP contribution in [0.4, 0.5) is 17.1 Å². The number of fused-ring (bicyclic) bond motifs is 3. The molecule has 0 saturated carbocycles. The summed E-state index contributed by atoms with van der Waals surface area (Å²) in [6, 6.07) is 81.4. The molecule has 0 N–H and O–H groups in total. The summed E-state index contributed by atoms with van der Waals surface area (Å²) in [6.45, 7) is 0. The molecule has 10 rings (SSSR count). The molecule has 264 valence electrons. The van der Waals surface area contributed by atoms with E-state index >= 15 is 0 Å². The second-order valence-electron chi connectivity index (χ2n) is 14.1. The molecule has 56 heavy (non-hydrogen) atoms. The summed E-state index contributed by atoms with van der Waals surface area (Å²) < 4.78 is 2.57. The zero-order valence-corrected chi connectivity index (χ0v) is 31.5. The van der Waals surface area contributed by atoms with E-state index < -0.39 is 0 Å². The highest BCUT2D eigenvalue weighted by Gasteiger charge is 2.23. The average Bonchev–Trinajstić information content (AvgIpc) is 3.66. The van der Waals surface area contributed by atoms with Gasteiger partial charge in [-0.3, -0.25) is 0 Å². The van der Waals surface area contributed by atoms with Gasteiger partial charge in [0.1, 0.15) is 0 Å². The number of nitrogens with zero attached hydrogens (tertiary/aromatic N) is 1. The van der Waals surface area contributed by atoms with Crippen molar-refractivity contribution in [3.05, 3.63) is 224 Å². The van der Waals surface area contributed by atoms with E-state index in [1.807, 2.05) is 11.3 Å². The van der Waals surface area contributed by atoms with Gasteiger partial charge in [-0.1, -0.05) is 182 Å². The van der Waals surface area contributed by atoms with Crippen LogP contribution in [0.2, 0.25) is 0 Å². The van der Waals surface area contributed by atoms with Gasteiger partial charge in [-0.25, -0.2) is 0 Å². The molecule has 1 aromatic heterocycles. The van der Waals surface area contributed by atoms with Crippen LogP contribution >= 0.6 is 11.3 Å². The molecule has 0 aliphatic carbocycles. The second kappa shape index (κ2) is 14.7. The maximum Gasteiger partial charge on any atom is 0.0546 e. The Kier molecular flexibility index (Phi) is 8.79. The summed E-state index contributed by atoms with van der Waals surface area (Å²) in [5, 5.41) is 2.59. The zero-order chi connectivity index (χ0) is 37.3. The second-order valence-corrected chi connectivity index (χ2v) is 15.2. The summed E-state index contributed by atoms with van der Waals surface area (Å²) in [7, 11) is 0. The number of hydrogen-bond donors (Lipinski definition) is 0. The Morgan fingerprint density at radius 1 is 0.286 bits per heavy atom. The van der Waals surface area contributed by atoms with Crippen molar-refractivity contribution in [3.8, 4) is 55.6 Å². The van der Waals surface area contributed by atoms with Gasteiger partial charge in [-0.15, -0.1) is 11.3 Å². The standard InChI is InChI=1S/C54H37NS/c1-4-16-38(17-5-1)42-22-14-23-43(36-42)39-30-32-44(33-31-39)55(45-34-35-49-48-25-12-13-29-52(48)56-53(49)37-45)51-28-15-27-47(41-20-8-3-9-21-41)54(51)50-26-11-10-24-46(50)40-18-6-2-7-19-40/h1-37H. The molecule has 0 spiro atoms. The molecule has 0 aliphatic heterocycles. The molecule has 0 radical (unpaired) electrons. The lowest BCUT2D eigenvalue weighted by atomic mass is 9.87. The lowest BCUT2D eigenvalue weighted by molar-refractivity contribution is 1.29. The van der Waals surface area contributed by atoms with E-state index in [4.69, 9.17) is 0 Å². The van der Waals surface area contributed by atoms with E-state index in [1.165, 1.54) is 75.8 Å². The Labute approximate surface area is 332 Å². The van der Waals surface area contributed by atoms with Gasteiger partial charge in [0.15, 0.2) is 0 Å². The van der Waals surface area contributed by atoms with E-state index in [9.17, 15) is 0 Å². The minimum absolute atomic E-state index is 1.09. The summed E-state index contributed by atoms with van der Waals surface area (Å²) >= 11 is 1.86. The first-order valence-electron chi connectivity index (χ1n) is 19.1. The SMILES string of the molecule is c1ccc(-c2cccc(-c3ccc(N(c4ccc5c(c4)sc4ccccc45)c4cccc(-c5ccccc5)c4-c4ccccc4-c4ccccc4)cc3)c2)cc1. The van der Waals surface area contributed by atoms with Crippen molar-refractivity contribution < 1.29 is 0 Å². The number of anilines is 3. The molecule has 0 bridgehead atoms. The molecule has 0 fully saturated rings. The summed E-state index contributed by atoms with van der Waals surface area (Å²) in [4.78, 5) is 2.46. The van der Waals surface area contributed by atoms with Crippen molar-refractivity contribution in [3.63, 3.8) is 0 Å². The maximum absolute atomic E-state index is 2.46. The number of benzene rings is 9. The third-order valence-electron chi connectivity index (χ3n) is 10.7. The van der Waals surface area contributed by atoms with Gasteiger partial charge in [-0.2, -0.15) is 0 Å². The lowest BCUT2D eigenvalue weighted by Gasteiger charge is -2.30. The molecular weight excluding hydrogens is 695 g/mol. The number of hydrogen-bond acceptors (Lipinski definition) is 2. The predicted octanol–water partition coefficient (Wildman–Crippen LogP) is 15.9. The Bertz CT molecular complexity index is 2950. The van der Waals surface area contributed by atoms with Crippen LogP contribution in [0.1, 0.15) is 0 Å². The highest BCUT2D eigenvalue weighted by atomic mass is 32.1. The molecule has 0 atom stereocenters. The van der Waals surface area contributed by atoms with Gasteiger partial charge >= 0.3 is 0 Å². The molecule has 0 saturated heterocycles. The molecule has 9 aromatic carbocycles. The summed E-state index contributed by atoms with van der Waals surface area (Å²) in [6.07, 6.45) is 0.